The van der Waals surface area contributed by atoms with Gasteiger partial charge in [-0.25, -0.2) is 0 Å². The number of hydrogen-bond donors (Lipinski definition) is 3. The number of carbonyl (C=O) groups excluding carboxylic acids is 1. The van der Waals surface area contributed by atoms with Gasteiger partial charge in [-0.1, -0.05) is 47.7 Å². The largest absolute Gasteiger partial charge is 0.332 e. The van der Waals surface area contributed by atoms with Crippen LogP contribution in [-0.4, -0.2) is 21.2 Å². The van der Waals surface area contributed by atoms with E-state index in [9.17, 15) is 4.79 Å². The molecule has 0 atom stereocenters. The summed E-state index contributed by atoms with van der Waals surface area (Å²) in [4.78, 5) is 12.1. The fourth-order valence-corrected chi connectivity index (χ4v) is 2.79. The predicted molar refractivity (Wildman–Crippen MR) is 101 cm³/mol. The van der Waals surface area contributed by atoms with Gasteiger partial charge in [0.25, 0.3) is 5.91 Å². The summed E-state index contributed by atoms with van der Waals surface area (Å²) in [6, 6.07) is 18.5. The molecule has 0 aliphatic heterocycles. The van der Waals surface area contributed by atoms with E-state index in [2.05, 4.69) is 26.1 Å². The number of aromatic nitrogens is 2. The Morgan fingerprint density at radius 3 is 2.08 bits per heavy atom. The van der Waals surface area contributed by atoms with Crippen LogP contribution >= 0.6 is 23.6 Å². The van der Waals surface area contributed by atoms with Gasteiger partial charge in [0.1, 0.15) is 0 Å². The Bertz CT molecular complexity index is 836. The lowest BCUT2D eigenvalue weighted by Gasteiger charge is -2.07. The molecule has 3 aromatic rings. The number of para-hydroxylation sites is 1. The van der Waals surface area contributed by atoms with Crippen molar-refractivity contribution in [3.05, 3.63) is 66.2 Å². The molecule has 120 valence electrons. The molecule has 0 saturated carbocycles. The second-order valence-corrected chi connectivity index (χ2v) is 6.06. The minimum absolute atomic E-state index is 0.233. The average Bonchev–Trinajstić information content (AvgIpc) is 3.03. The Morgan fingerprint density at radius 1 is 0.833 bits per heavy atom. The van der Waals surface area contributed by atoms with Crippen molar-refractivity contribution in [2.45, 2.75) is 0 Å². The Morgan fingerprint density at radius 2 is 1.42 bits per heavy atom. The predicted octanol–water partition coefficient (Wildman–Crippen LogP) is 3.60. The maximum absolute atomic E-state index is 12.1. The van der Waals surface area contributed by atoms with Crippen molar-refractivity contribution >= 4 is 50.5 Å². The van der Waals surface area contributed by atoms with Gasteiger partial charge in [0, 0.05) is 11.3 Å². The van der Waals surface area contributed by atoms with Crippen molar-refractivity contribution in [3.63, 3.8) is 0 Å². The summed E-state index contributed by atoms with van der Waals surface area (Å²) in [6.45, 7) is 0. The molecule has 0 spiro atoms. The minimum Gasteiger partial charge on any atom is -0.332 e. The molecule has 0 saturated heterocycles. The lowest BCUT2D eigenvalue weighted by atomic mass is 10.2. The van der Waals surface area contributed by atoms with Gasteiger partial charge in [0.05, 0.1) is 0 Å². The molecule has 1 aromatic heterocycles. The number of amides is 1. The molecular weight excluding hydrogens is 342 g/mol. The van der Waals surface area contributed by atoms with Crippen LogP contribution in [0.2, 0.25) is 0 Å². The Hall–Kier alpha value is -2.84. The van der Waals surface area contributed by atoms with Crippen LogP contribution in [0.3, 0.4) is 0 Å². The number of nitrogens with one attached hydrogen (secondary N) is 3. The molecule has 8 heteroatoms. The Balaban J connectivity index is 1.57. The molecule has 24 heavy (non-hydrogen) atoms. The number of nitrogens with zero attached hydrogens (tertiary/aromatic N) is 2. The smallest absolute Gasteiger partial charge is 0.257 e. The van der Waals surface area contributed by atoms with Crippen LogP contribution in [0.5, 0.6) is 0 Å². The van der Waals surface area contributed by atoms with Crippen LogP contribution in [0.15, 0.2) is 60.7 Å². The zero-order valence-electron chi connectivity index (χ0n) is 12.4. The highest BCUT2D eigenvalue weighted by atomic mass is 32.1. The first kappa shape index (κ1) is 16.0. The number of anilines is 3. The molecule has 0 bridgehead atoms. The van der Waals surface area contributed by atoms with Gasteiger partial charge in [0.2, 0.25) is 10.3 Å². The molecule has 0 fully saturated rings. The van der Waals surface area contributed by atoms with Crippen LogP contribution in [0.1, 0.15) is 10.4 Å². The summed E-state index contributed by atoms with van der Waals surface area (Å²) < 4.78 is 0. The SMILES string of the molecule is O=C(Nc1nnc(NC(=S)Nc2ccccc2)s1)c1ccccc1. The van der Waals surface area contributed by atoms with Crippen molar-refractivity contribution in [3.8, 4) is 0 Å². The first-order chi connectivity index (χ1) is 11.7. The monoisotopic (exact) mass is 355 g/mol. The van der Waals surface area contributed by atoms with Crippen molar-refractivity contribution in [2.75, 3.05) is 16.0 Å². The minimum atomic E-state index is -0.233. The molecule has 1 amide bonds. The van der Waals surface area contributed by atoms with Crippen LogP contribution in [-0.2, 0) is 0 Å². The number of carbonyl (C=O) groups is 1. The molecule has 1 heterocycles. The highest BCUT2D eigenvalue weighted by Crippen LogP contribution is 2.21. The highest BCUT2D eigenvalue weighted by molar-refractivity contribution is 7.80. The first-order valence-electron chi connectivity index (χ1n) is 7.04. The number of hydrogen-bond acceptors (Lipinski definition) is 5. The topological polar surface area (TPSA) is 78.9 Å². The Labute approximate surface area is 147 Å². The van der Waals surface area contributed by atoms with E-state index in [0.717, 1.165) is 5.69 Å². The summed E-state index contributed by atoms with van der Waals surface area (Å²) in [5, 5.41) is 17.9. The molecule has 6 nitrogen and oxygen atoms in total. The van der Waals surface area contributed by atoms with Gasteiger partial charge in [0.15, 0.2) is 5.11 Å². The van der Waals surface area contributed by atoms with Crippen LogP contribution < -0.4 is 16.0 Å². The molecule has 0 unspecified atom stereocenters. The van der Waals surface area contributed by atoms with E-state index in [1.54, 1.807) is 24.3 Å². The summed E-state index contributed by atoms with van der Waals surface area (Å²) >= 11 is 6.42. The molecule has 3 rings (SSSR count). The van der Waals surface area contributed by atoms with Crippen molar-refractivity contribution in [2.24, 2.45) is 0 Å². The van der Waals surface area contributed by atoms with Crippen LogP contribution in [0.4, 0.5) is 16.0 Å². The lowest BCUT2D eigenvalue weighted by molar-refractivity contribution is 0.102. The van der Waals surface area contributed by atoms with Gasteiger partial charge in [-0.2, -0.15) is 0 Å². The zero-order chi connectivity index (χ0) is 16.8. The zero-order valence-corrected chi connectivity index (χ0v) is 14.0. The second kappa shape index (κ2) is 7.62. The van der Waals surface area contributed by atoms with E-state index < -0.39 is 0 Å². The molecule has 0 radical (unpaired) electrons. The molecule has 0 aliphatic rings. The summed E-state index contributed by atoms with van der Waals surface area (Å²) in [6.07, 6.45) is 0. The van der Waals surface area contributed by atoms with Gasteiger partial charge in [-0.3, -0.25) is 10.1 Å². The van der Waals surface area contributed by atoms with E-state index in [4.69, 9.17) is 12.2 Å². The van der Waals surface area contributed by atoms with Crippen molar-refractivity contribution < 1.29 is 4.79 Å². The van der Waals surface area contributed by atoms with Crippen molar-refractivity contribution in [1.29, 1.82) is 0 Å². The fraction of sp³-hybridized carbons (Fsp3) is 0. The summed E-state index contributed by atoms with van der Waals surface area (Å²) in [5.74, 6) is -0.233. The third-order valence-electron chi connectivity index (χ3n) is 2.93. The average molecular weight is 355 g/mol. The lowest BCUT2D eigenvalue weighted by Crippen LogP contribution is -2.18. The van der Waals surface area contributed by atoms with E-state index in [-0.39, 0.29) is 5.91 Å². The standard InChI is InChI=1S/C16H13N5OS2/c22-13(11-7-3-1-4-8-11)18-15-20-21-16(24-15)19-14(23)17-12-9-5-2-6-10-12/h1-10H,(H,18,20,22)(H2,17,19,21,23). The number of benzene rings is 2. The van der Waals surface area contributed by atoms with Gasteiger partial charge in [-0.15, -0.1) is 10.2 Å². The quantitative estimate of drug-likeness (QED) is 0.621. The third-order valence-corrected chi connectivity index (χ3v) is 3.89. The van der Waals surface area contributed by atoms with E-state index in [1.807, 2.05) is 36.4 Å². The van der Waals surface area contributed by atoms with E-state index in [0.29, 0.717) is 20.9 Å². The second-order valence-electron chi connectivity index (χ2n) is 4.68. The van der Waals surface area contributed by atoms with Crippen LogP contribution in [0.25, 0.3) is 0 Å². The van der Waals surface area contributed by atoms with Gasteiger partial charge < -0.3 is 10.6 Å². The maximum atomic E-state index is 12.1. The third kappa shape index (κ3) is 4.34. The maximum Gasteiger partial charge on any atom is 0.257 e. The van der Waals surface area contributed by atoms with E-state index >= 15 is 0 Å². The van der Waals surface area contributed by atoms with Crippen LogP contribution in [0, 0.1) is 0 Å². The summed E-state index contributed by atoms with van der Waals surface area (Å²) in [5.41, 5.74) is 1.43. The number of thiocarbonyl (C=S) groups is 1. The van der Waals surface area contributed by atoms with Gasteiger partial charge >= 0.3 is 0 Å². The first-order valence-corrected chi connectivity index (χ1v) is 8.26. The van der Waals surface area contributed by atoms with Crippen molar-refractivity contribution in [1.82, 2.24) is 10.2 Å². The molecule has 2 aromatic carbocycles. The summed E-state index contributed by atoms with van der Waals surface area (Å²) in [7, 11) is 0. The van der Waals surface area contributed by atoms with Gasteiger partial charge in [-0.05, 0) is 36.5 Å². The molecule has 3 N–H and O–H groups in total. The Kier molecular flexibility index (Phi) is 5.09. The van der Waals surface area contributed by atoms with E-state index in [1.165, 1.54) is 11.3 Å². The number of rotatable bonds is 4. The normalized spacial score (nSPS) is 10.0. The highest BCUT2D eigenvalue weighted by Gasteiger charge is 2.10. The molecular formula is C16H13N5OS2. The molecule has 0 aliphatic carbocycles. The fourth-order valence-electron chi connectivity index (χ4n) is 1.86.